The zero-order valence-corrected chi connectivity index (χ0v) is 12.1. The zero-order chi connectivity index (χ0) is 14.5. The number of nitrogens with zero attached hydrogens (tertiary/aromatic N) is 2. The lowest BCUT2D eigenvalue weighted by Gasteiger charge is -2.13. The third kappa shape index (κ3) is 2.96. The summed E-state index contributed by atoms with van der Waals surface area (Å²) in [5.74, 6) is 0.906. The van der Waals surface area contributed by atoms with Gasteiger partial charge in [-0.3, -0.25) is 0 Å². The Hall–Kier alpha value is -1.94. The second-order valence-electron chi connectivity index (χ2n) is 4.72. The highest BCUT2D eigenvalue weighted by Gasteiger charge is 2.13. The van der Waals surface area contributed by atoms with Crippen LogP contribution in [-0.2, 0) is 19.3 Å². The fraction of sp³-hybridized carbons (Fsp3) is 0.375. The molecule has 2 rings (SSSR count). The van der Waals surface area contributed by atoms with Crippen molar-refractivity contribution >= 4 is 0 Å². The molecule has 0 aliphatic carbocycles. The number of hydrogen-bond acceptors (Lipinski definition) is 4. The molecule has 2 aromatic rings. The molecule has 4 heteroatoms. The Morgan fingerprint density at radius 1 is 1.10 bits per heavy atom. The number of aromatic nitrogens is 2. The molecule has 0 unspecified atom stereocenters. The standard InChI is InChI=1S/C16H21N3O/c1-3-14-13(8-9-17)15(4-2)19-16(18-14)11-6-5-7-12(20)10-11/h5-7,10,20H,3-4,8-9,17H2,1-2H3. The summed E-state index contributed by atoms with van der Waals surface area (Å²) in [6.07, 6.45) is 2.53. The minimum Gasteiger partial charge on any atom is -0.508 e. The van der Waals surface area contributed by atoms with E-state index in [0.29, 0.717) is 12.4 Å². The van der Waals surface area contributed by atoms with Crippen LogP contribution in [0, 0.1) is 0 Å². The highest BCUT2D eigenvalue weighted by atomic mass is 16.3. The van der Waals surface area contributed by atoms with Crippen LogP contribution in [0.1, 0.15) is 30.8 Å². The molecule has 20 heavy (non-hydrogen) atoms. The van der Waals surface area contributed by atoms with Gasteiger partial charge in [-0.25, -0.2) is 9.97 Å². The van der Waals surface area contributed by atoms with Crippen LogP contribution in [0.2, 0.25) is 0 Å². The van der Waals surface area contributed by atoms with Crippen molar-refractivity contribution in [3.8, 4) is 17.1 Å². The molecule has 1 aromatic heterocycles. The fourth-order valence-corrected chi connectivity index (χ4v) is 2.37. The van der Waals surface area contributed by atoms with Crippen LogP contribution in [0.5, 0.6) is 5.75 Å². The molecule has 3 N–H and O–H groups in total. The molecular formula is C16H21N3O. The maximum absolute atomic E-state index is 9.59. The number of phenolic OH excluding ortho intramolecular Hbond substituents is 1. The van der Waals surface area contributed by atoms with E-state index in [1.165, 1.54) is 5.56 Å². The lowest BCUT2D eigenvalue weighted by molar-refractivity contribution is 0.475. The van der Waals surface area contributed by atoms with Gasteiger partial charge in [0.2, 0.25) is 0 Å². The topological polar surface area (TPSA) is 72.0 Å². The zero-order valence-electron chi connectivity index (χ0n) is 12.1. The van der Waals surface area contributed by atoms with Crippen molar-refractivity contribution in [1.82, 2.24) is 9.97 Å². The first-order chi connectivity index (χ1) is 9.69. The van der Waals surface area contributed by atoms with Crippen LogP contribution in [0.25, 0.3) is 11.4 Å². The van der Waals surface area contributed by atoms with E-state index in [1.54, 1.807) is 18.2 Å². The van der Waals surface area contributed by atoms with Gasteiger partial charge in [0, 0.05) is 17.0 Å². The molecule has 4 nitrogen and oxygen atoms in total. The number of hydrogen-bond donors (Lipinski definition) is 2. The van der Waals surface area contributed by atoms with Crippen LogP contribution in [0.15, 0.2) is 24.3 Å². The van der Waals surface area contributed by atoms with Crippen molar-refractivity contribution in [2.75, 3.05) is 6.54 Å². The molecule has 0 aliphatic heterocycles. The first-order valence-electron chi connectivity index (χ1n) is 7.07. The van der Waals surface area contributed by atoms with Crippen LogP contribution in [0.4, 0.5) is 0 Å². The lowest BCUT2D eigenvalue weighted by atomic mass is 10.0. The molecule has 0 saturated carbocycles. The van der Waals surface area contributed by atoms with Crippen LogP contribution < -0.4 is 5.73 Å². The summed E-state index contributed by atoms with van der Waals surface area (Å²) in [5.41, 5.74) is 9.82. The van der Waals surface area contributed by atoms with Crippen LogP contribution in [0.3, 0.4) is 0 Å². The summed E-state index contributed by atoms with van der Waals surface area (Å²) in [6.45, 7) is 4.79. The van der Waals surface area contributed by atoms with E-state index in [4.69, 9.17) is 5.73 Å². The maximum atomic E-state index is 9.59. The Morgan fingerprint density at radius 3 is 2.25 bits per heavy atom. The molecule has 1 aromatic carbocycles. The lowest BCUT2D eigenvalue weighted by Crippen LogP contribution is -2.12. The third-order valence-corrected chi connectivity index (χ3v) is 3.35. The van der Waals surface area contributed by atoms with E-state index in [2.05, 4.69) is 23.8 Å². The molecule has 0 fully saturated rings. The second kappa shape index (κ2) is 6.48. The molecular weight excluding hydrogens is 250 g/mol. The molecule has 0 bridgehead atoms. The monoisotopic (exact) mass is 271 g/mol. The van der Waals surface area contributed by atoms with Gasteiger partial charge in [0.05, 0.1) is 0 Å². The highest BCUT2D eigenvalue weighted by molar-refractivity contribution is 5.58. The van der Waals surface area contributed by atoms with Gasteiger partial charge in [-0.1, -0.05) is 26.0 Å². The summed E-state index contributed by atoms with van der Waals surface area (Å²) >= 11 is 0. The van der Waals surface area contributed by atoms with Crippen molar-refractivity contribution in [3.05, 3.63) is 41.2 Å². The maximum Gasteiger partial charge on any atom is 0.159 e. The molecule has 106 valence electrons. The number of nitrogens with two attached hydrogens (primary N) is 1. The number of aryl methyl sites for hydroxylation is 2. The van der Waals surface area contributed by atoms with E-state index in [9.17, 15) is 5.11 Å². The Labute approximate surface area is 119 Å². The third-order valence-electron chi connectivity index (χ3n) is 3.35. The molecule has 0 atom stereocenters. The molecule has 0 spiro atoms. The van der Waals surface area contributed by atoms with Crippen molar-refractivity contribution in [2.45, 2.75) is 33.1 Å². The fourth-order valence-electron chi connectivity index (χ4n) is 2.37. The van der Waals surface area contributed by atoms with Crippen molar-refractivity contribution < 1.29 is 5.11 Å². The number of phenols is 1. The van der Waals surface area contributed by atoms with Gasteiger partial charge in [-0.2, -0.15) is 0 Å². The Bertz CT molecular complexity index is 571. The van der Waals surface area contributed by atoms with Gasteiger partial charge in [0.15, 0.2) is 5.82 Å². The number of aromatic hydroxyl groups is 1. The molecule has 0 amide bonds. The molecule has 0 aliphatic rings. The molecule has 0 radical (unpaired) electrons. The van der Waals surface area contributed by atoms with Gasteiger partial charge in [0.25, 0.3) is 0 Å². The average Bonchev–Trinajstić information content (AvgIpc) is 2.47. The number of rotatable bonds is 5. The van der Waals surface area contributed by atoms with Crippen molar-refractivity contribution in [1.29, 1.82) is 0 Å². The number of benzene rings is 1. The summed E-state index contributed by atoms with van der Waals surface area (Å²) in [7, 11) is 0. The Morgan fingerprint density at radius 2 is 1.75 bits per heavy atom. The molecule has 1 heterocycles. The van der Waals surface area contributed by atoms with E-state index in [-0.39, 0.29) is 5.75 Å². The SMILES string of the molecule is CCc1nc(-c2cccc(O)c2)nc(CC)c1CCN. The van der Waals surface area contributed by atoms with Gasteiger partial charge in [-0.15, -0.1) is 0 Å². The van der Waals surface area contributed by atoms with Crippen LogP contribution in [-0.4, -0.2) is 21.6 Å². The summed E-state index contributed by atoms with van der Waals surface area (Å²) < 4.78 is 0. The first kappa shape index (κ1) is 14.5. The van der Waals surface area contributed by atoms with Gasteiger partial charge in [-0.05, 0) is 43.5 Å². The minimum atomic E-state index is 0.230. The average molecular weight is 271 g/mol. The minimum absolute atomic E-state index is 0.230. The predicted molar refractivity (Wildman–Crippen MR) is 80.6 cm³/mol. The summed E-state index contributed by atoms with van der Waals surface area (Å²) in [5, 5.41) is 9.59. The van der Waals surface area contributed by atoms with Gasteiger partial charge < -0.3 is 10.8 Å². The normalized spacial score (nSPS) is 10.8. The highest BCUT2D eigenvalue weighted by Crippen LogP contribution is 2.23. The van der Waals surface area contributed by atoms with Crippen molar-refractivity contribution in [2.24, 2.45) is 5.73 Å². The Kier molecular flexibility index (Phi) is 4.69. The quantitative estimate of drug-likeness (QED) is 0.876. The summed E-state index contributed by atoms with van der Waals surface area (Å²) in [6, 6.07) is 7.06. The Balaban J connectivity index is 2.55. The van der Waals surface area contributed by atoms with E-state index >= 15 is 0 Å². The van der Waals surface area contributed by atoms with Gasteiger partial charge in [0.1, 0.15) is 5.75 Å². The van der Waals surface area contributed by atoms with E-state index < -0.39 is 0 Å². The van der Waals surface area contributed by atoms with E-state index in [1.807, 2.05) is 6.07 Å². The predicted octanol–water partition coefficient (Wildman–Crippen LogP) is 2.48. The van der Waals surface area contributed by atoms with Crippen LogP contribution >= 0.6 is 0 Å². The molecule has 0 saturated heterocycles. The smallest absolute Gasteiger partial charge is 0.159 e. The summed E-state index contributed by atoms with van der Waals surface area (Å²) in [4.78, 5) is 9.30. The van der Waals surface area contributed by atoms with Crippen molar-refractivity contribution in [3.63, 3.8) is 0 Å². The second-order valence-corrected chi connectivity index (χ2v) is 4.72. The van der Waals surface area contributed by atoms with E-state index in [0.717, 1.165) is 36.2 Å². The van der Waals surface area contributed by atoms with Gasteiger partial charge >= 0.3 is 0 Å². The first-order valence-corrected chi connectivity index (χ1v) is 7.07. The largest absolute Gasteiger partial charge is 0.508 e.